The smallest absolute Gasteiger partial charge is 0.165 e. The summed E-state index contributed by atoms with van der Waals surface area (Å²) in [5, 5.41) is 8.09. The molecule has 3 aromatic rings. The van der Waals surface area contributed by atoms with Gasteiger partial charge in [-0.05, 0) is 38.8 Å². The molecule has 0 unspecified atom stereocenters. The molecule has 1 saturated heterocycles. The first kappa shape index (κ1) is 19.4. The van der Waals surface area contributed by atoms with E-state index in [1.165, 1.54) is 0 Å². The first-order valence-electron chi connectivity index (χ1n) is 10.0. The highest BCUT2D eigenvalue weighted by atomic mass is 16.6. The summed E-state index contributed by atoms with van der Waals surface area (Å²) in [7, 11) is 1.68. The Bertz CT molecular complexity index is 909. The number of hydrogen-bond acceptors (Lipinski definition) is 7. The molecule has 4 rings (SSSR count). The van der Waals surface area contributed by atoms with Gasteiger partial charge in [0.15, 0.2) is 11.5 Å². The van der Waals surface area contributed by atoms with E-state index < -0.39 is 0 Å². The SMILES string of the molecule is COc1cccc(CN2CCC[C@H]2c2nonc2C)c1OCCCn1ccnc1. The molecule has 0 radical (unpaired) electrons. The molecule has 0 bridgehead atoms. The summed E-state index contributed by atoms with van der Waals surface area (Å²) in [4.78, 5) is 6.49. The molecule has 0 spiro atoms. The van der Waals surface area contributed by atoms with Gasteiger partial charge in [0.25, 0.3) is 0 Å². The van der Waals surface area contributed by atoms with Crippen LogP contribution in [0.3, 0.4) is 0 Å². The van der Waals surface area contributed by atoms with Crippen LogP contribution in [-0.4, -0.2) is 45.0 Å². The Hall–Kier alpha value is -2.87. The number of aryl methyl sites for hydroxylation is 2. The predicted molar refractivity (Wildman–Crippen MR) is 107 cm³/mol. The summed E-state index contributed by atoms with van der Waals surface area (Å²) in [6.07, 6.45) is 8.65. The summed E-state index contributed by atoms with van der Waals surface area (Å²) in [6.45, 7) is 5.21. The van der Waals surface area contributed by atoms with Crippen molar-refractivity contribution in [2.45, 2.75) is 45.3 Å². The summed E-state index contributed by atoms with van der Waals surface area (Å²) in [5.74, 6) is 1.58. The summed E-state index contributed by atoms with van der Waals surface area (Å²) in [5.41, 5.74) is 2.92. The minimum Gasteiger partial charge on any atom is -0.493 e. The van der Waals surface area contributed by atoms with E-state index in [1.54, 1.807) is 13.3 Å². The fraction of sp³-hybridized carbons (Fsp3) is 0.476. The molecular weight excluding hydrogens is 370 g/mol. The fourth-order valence-corrected chi connectivity index (χ4v) is 3.93. The Morgan fingerprint density at radius 2 is 2.21 bits per heavy atom. The van der Waals surface area contributed by atoms with Crippen LogP contribution in [0.4, 0.5) is 0 Å². The molecule has 154 valence electrons. The Morgan fingerprint density at radius 1 is 1.28 bits per heavy atom. The van der Waals surface area contributed by atoms with E-state index in [9.17, 15) is 0 Å². The monoisotopic (exact) mass is 397 g/mol. The average molecular weight is 397 g/mol. The molecule has 1 aliphatic rings. The van der Waals surface area contributed by atoms with Gasteiger partial charge in [-0.1, -0.05) is 22.4 Å². The Kier molecular flexibility index (Phi) is 6.09. The normalized spacial score (nSPS) is 17.0. The van der Waals surface area contributed by atoms with Gasteiger partial charge < -0.3 is 14.0 Å². The second-order valence-electron chi connectivity index (χ2n) is 7.31. The zero-order valence-electron chi connectivity index (χ0n) is 17.0. The largest absolute Gasteiger partial charge is 0.493 e. The molecule has 1 aromatic carbocycles. The highest BCUT2D eigenvalue weighted by molar-refractivity contribution is 5.46. The zero-order valence-corrected chi connectivity index (χ0v) is 17.0. The summed E-state index contributed by atoms with van der Waals surface area (Å²) >= 11 is 0. The van der Waals surface area contributed by atoms with Crippen molar-refractivity contribution in [1.29, 1.82) is 0 Å². The van der Waals surface area contributed by atoms with Crippen LogP contribution in [0.1, 0.15) is 42.3 Å². The van der Waals surface area contributed by atoms with Crippen molar-refractivity contribution in [2.24, 2.45) is 0 Å². The lowest BCUT2D eigenvalue weighted by Crippen LogP contribution is -2.24. The van der Waals surface area contributed by atoms with E-state index in [-0.39, 0.29) is 6.04 Å². The van der Waals surface area contributed by atoms with Gasteiger partial charge >= 0.3 is 0 Å². The maximum Gasteiger partial charge on any atom is 0.165 e. The second-order valence-corrected chi connectivity index (χ2v) is 7.31. The Balaban J connectivity index is 1.45. The van der Waals surface area contributed by atoms with Gasteiger partial charge in [0.05, 0.1) is 26.1 Å². The second kappa shape index (κ2) is 9.09. The van der Waals surface area contributed by atoms with Crippen LogP contribution in [0.2, 0.25) is 0 Å². The number of aromatic nitrogens is 4. The maximum absolute atomic E-state index is 6.19. The van der Waals surface area contributed by atoms with Gasteiger partial charge in [-0.15, -0.1) is 0 Å². The molecule has 0 aliphatic carbocycles. The van der Waals surface area contributed by atoms with Crippen LogP contribution < -0.4 is 9.47 Å². The number of methoxy groups -OCH3 is 1. The van der Waals surface area contributed by atoms with Gasteiger partial charge in [-0.3, -0.25) is 4.90 Å². The van der Waals surface area contributed by atoms with E-state index in [4.69, 9.17) is 14.1 Å². The van der Waals surface area contributed by atoms with Crippen LogP contribution in [0.5, 0.6) is 11.5 Å². The number of rotatable bonds is 9. The molecule has 1 fully saturated rings. The highest BCUT2D eigenvalue weighted by Gasteiger charge is 2.31. The van der Waals surface area contributed by atoms with Gasteiger partial charge in [0.1, 0.15) is 11.4 Å². The van der Waals surface area contributed by atoms with Gasteiger partial charge in [0.2, 0.25) is 0 Å². The lowest BCUT2D eigenvalue weighted by atomic mass is 10.1. The molecule has 1 atom stereocenters. The minimum absolute atomic E-state index is 0.224. The number of nitrogens with zero attached hydrogens (tertiary/aromatic N) is 5. The van der Waals surface area contributed by atoms with E-state index in [2.05, 4.69) is 30.8 Å². The van der Waals surface area contributed by atoms with E-state index in [0.29, 0.717) is 6.61 Å². The van der Waals surface area contributed by atoms with Crippen LogP contribution in [0, 0.1) is 6.92 Å². The lowest BCUT2D eigenvalue weighted by Gasteiger charge is -2.24. The molecule has 8 heteroatoms. The van der Waals surface area contributed by atoms with Crippen molar-refractivity contribution >= 4 is 0 Å². The third-order valence-corrected chi connectivity index (χ3v) is 5.39. The van der Waals surface area contributed by atoms with Crippen LogP contribution in [-0.2, 0) is 13.1 Å². The van der Waals surface area contributed by atoms with Gasteiger partial charge in [-0.25, -0.2) is 9.61 Å². The van der Waals surface area contributed by atoms with Crippen LogP contribution >= 0.6 is 0 Å². The predicted octanol–water partition coefficient (Wildman–Crippen LogP) is 3.39. The van der Waals surface area contributed by atoms with Crippen molar-refractivity contribution in [3.63, 3.8) is 0 Å². The number of likely N-dealkylation sites (tertiary alicyclic amines) is 1. The van der Waals surface area contributed by atoms with E-state index in [1.807, 2.05) is 31.6 Å². The molecule has 8 nitrogen and oxygen atoms in total. The molecule has 3 heterocycles. The quantitative estimate of drug-likeness (QED) is 0.512. The first-order chi connectivity index (χ1) is 14.3. The molecule has 0 N–H and O–H groups in total. The van der Waals surface area contributed by atoms with Gasteiger partial charge in [0, 0.05) is 31.0 Å². The average Bonchev–Trinajstić information content (AvgIpc) is 3.48. The Morgan fingerprint density at radius 3 is 2.97 bits per heavy atom. The van der Waals surface area contributed by atoms with Crippen molar-refractivity contribution in [3.05, 3.63) is 53.9 Å². The topological polar surface area (TPSA) is 78.4 Å². The van der Waals surface area contributed by atoms with Gasteiger partial charge in [-0.2, -0.15) is 0 Å². The molecule has 1 aliphatic heterocycles. The number of hydrogen-bond donors (Lipinski definition) is 0. The minimum atomic E-state index is 0.224. The first-order valence-corrected chi connectivity index (χ1v) is 10.0. The number of para-hydroxylation sites is 1. The van der Waals surface area contributed by atoms with Crippen LogP contribution in [0.15, 0.2) is 41.5 Å². The van der Waals surface area contributed by atoms with Crippen molar-refractivity contribution in [1.82, 2.24) is 24.8 Å². The Labute approximate surface area is 170 Å². The lowest BCUT2D eigenvalue weighted by molar-refractivity contribution is 0.223. The molecule has 0 saturated carbocycles. The van der Waals surface area contributed by atoms with E-state index >= 15 is 0 Å². The maximum atomic E-state index is 6.19. The van der Waals surface area contributed by atoms with Crippen molar-refractivity contribution < 1.29 is 14.1 Å². The molecular formula is C21H27N5O3. The van der Waals surface area contributed by atoms with Crippen molar-refractivity contribution in [3.8, 4) is 11.5 Å². The highest BCUT2D eigenvalue weighted by Crippen LogP contribution is 2.37. The molecule has 29 heavy (non-hydrogen) atoms. The van der Waals surface area contributed by atoms with E-state index in [0.717, 1.165) is 67.3 Å². The van der Waals surface area contributed by atoms with Crippen molar-refractivity contribution in [2.75, 3.05) is 20.3 Å². The number of imidazole rings is 1. The summed E-state index contributed by atoms with van der Waals surface area (Å²) in [6, 6.07) is 6.29. The number of benzene rings is 1. The third-order valence-electron chi connectivity index (χ3n) is 5.39. The standard InChI is InChI=1S/C21H27N5O3/c1-16-20(24-29-23-16)18-7-4-11-26(18)14-17-6-3-8-19(27-2)21(17)28-13-5-10-25-12-9-22-15-25/h3,6,8-9,12,15,18H,4-5,7,10-11,13-14H2,1-2H3/t18-/m0/s1. The fourth-order valence-electron chi connectivity index (χ4n) is 3.93. The third kappa shape index (κ3) is 4.42. The molecule has 0 amide bonds. The molecule has 2 aromatic heterocycles. The number of ether oxygens (including phenoxy) is 2. The van der Waals surface area contributed by atoms with Crippen LogP contribution in [0.25, 0.3) is 0 Å². The summed E-state index contributed by atoms with van der Waals surface area (Å²) < 4.78 is 18.7. The zero-order chi connectivity index (χ0) is 20.1.